The Bertz CT molecular complexity index is 394. The Labute approximate surface area is 109 Å². The molecule has 1 heteroatoms. The molecule has 0 fully saturated rings. The Hall–Kier alpha value is -1.63. The van der Waals surface area contributed by atoms with Gasteiger partial charge in [0.1, 0.15) is 5.82 Å². The Balaban J connectivity index is 0.000000199. The van der Waals surface area contributed by atoms with E-state index in [1.54, 1.807) is 18.2 Å². The number of benzene rings is 2. The molecule has 0 spiro atoms. The van der Waals surface area contributed by atoms with Gasteiger partial charge in [0.15, 0.2) is 0 Å². The molecule has 0 saturated heterocycles. The molecule has 0 amide bonds. The van der Waals surface area contributed by atoms with Gasteiger partial charge < -0.3 is 0 Å². The second kappa shape index (κ2) is 9.41. The largest absolute Gasteiger partial charge is 0.207 e. The van der Waals surface area contributed by atoms with Crippen molar-refractivity contribution >= 4 is 0 Å². The summed E-state index contributed by atoms with van der Waals surface area (Å²) in [6.45, 7) is 2.24. The summed E-state index contributed by atoms with van der Waals surface area (Å²) in [6, 6.07) is 18.6. The zero-order valence-electron chi connectivity index (χ0n) is 11.0. The average Bonchev–Trinajstić information content (AvgIpc) is 2.42. The molecule has 0 aliphatic heterocycles. The number of rotatable bonds is 4. The molecule has 2 rings (SSSR count). The minimum Gasteiger partial charge on any atom is -0.207 e. The Morgan fingerprint density at radius 3 is 1.78 bits per heavy atom. The van der Waals surface area contributed by atoms with Gasteiger partial charge >= 0.3 is 0 Å². The van der Waals surface area contributed by atoms with E-state index < -0.39 is 0 Å². The third-order valence-electron chi connectivity index (χ3n) is 2.64. The van der Waals surface area contributed by atoms with Crippen molar-refractivity contribution in [3.63, 3.8) is 0 Å². The molecular formula is C17H21F. The lowest BCUT2D eigenvalue weighted by Gasteiger charge is -1.98. The van der Waals surface area contributed by atoms with Crippen molar-refractivity contribution in [3.05, 3.63) is 72.0 Å². The number of halogens is 1. The van der Waals surface area contributed by atoms with E-state index in [-0.39, 0.29) is 5.82 Å². The maximum absolute atomic E-state index is 11.9. The Morgan fingerprint density at radius 1 is 0.778 bits per heavy atom. The van der Waals surface area contributed by atoms with Crippen LogP contribution in [0.4, 0.5) is 4.39 Å². The minimum absolute atomic E-state index is 0.178. The van der Waals surface area contributed by atoms with E-state index in [1.165, 1.54) is 43.4 Å². The molecule has 0 N–H and O–H groups in total. The van der Waals surface area contributed by atoms with Gasteiger partial charge in [-0.25, -0.2) is 4.39 Å². The van der Waals surface area contributed by atoms with Gasteiger partial charge in [-0.15, -0.1) is 0 Å². The average molecular weight is 244 g/mol. The summed E-state index contributed by atoms with van der Waals surface area (Å²) in [6.07, 6.45) is 5.25. The SMILES string of the molecule is CCCCCc1ccccc1.Fc1ccccc1. The van der Waals surface area contributed by atoms with E-state index in [0.29, 0.717) is 0 Å². The van der Waals surface area contributed by atoms with Gasteiger partial charge in [0.2, 0.25) is 0 Å². The van der Waals surface area contributed by atoms with Crippen LogP contribution in [0, 0.1) is 5.82 Å². The predicted molar refractivity (Wildman–Crippen MR) is 76.1 cm³/mol. The summed E-state index contributed by atoms with van der Waals surface area (Å²) >= 11 is 0. The number of hydrogen-bond acceptors (Lipinski definition) is 0. The van der Waals surface area contributed by atoms with Crippen molar-refractivity contribution in [2.75, 3.05) is 0 Å². The molecule has 0 saturated carbocycles. The highest BCUT2D eigenvalue weighted by Crippen LogP contribution is 2.05. The van der Waals surface area contributed by atoms with Crippen LogP contribution < -0.4 is 0 Å². The van der Waals surface area contributed by atoms with Crippen LogP contribution in [0.15, 0.2) is 60.7 Å². The highest BCUT2D eigenvalue weighted by Gasteiger charge is 1.89. The van der Waals surface area contributed by atoms with Crippen LogP contribution in [0.5, 0.6) is 0 Å². The van der Waals surface area contributed by atoms with Crippen LogP contribution in [-0.4, -0.2) is 0 Å². The first-order valence-corrected chi connectivity index (χ1v) is 6.57. The van der Waals surface area contributed by atoms with Gasteiger partial charge in [0, 0.05) is 0 Å². The van der Waals surface area contributed by atoms with Gasteiger partial charge in [-0.2, -0.15) is 0 Å². The number of aryl methyl sites for hydroxylation is 1. The van der Waals surface area contributed by atoms with Crippen molar-refractivity contribution in [1.29, 1.82) is 0 Å². The predicted octanol–water partition coefficient (Wildman–Crippen LogP) is 5.25. The summed E-state index contributed by atoms with van der Waals surface area (Å²) in [5, 5.41) is 0. The molecule has 0 unspecified atom stereocenters. The Kier molecular flexibility index (Phi) is 7.54. The monoisotopic (exact) mass is 244 g/mol. The lowest BCUT2D eigenvalue weighted by atomic mass is 10.1. The molecular weight excluding hydrogens is 223 g/mol. The van der Waals surface area contributed by atoms with Gasteiger partial charge in [-0.3, -0.25) is 0 Å². The van der Waals surface area contributed by atoms with Crippen LogP contribution in [-0.2, 0) is 6.42 Å². The lowest BCUT2D eigenvalue weighted by molar-refractivity contribution is 0.628. The van der Waals surface area contributed by atoms with Crippen LogP contribution in [0.2, 0.25) is 0 Å². The highest BCUT2D eigenvalue weighted by atomic mass is 19.1. The summed E-state index contributed by atoms with van der Waals surface area (Å²) in [4.78, 5) is 0. The summed E-state index contributed by atoms with van der Waals surface area (Å²) in [7, 11) is 0. The summed E-state index contributed by atoms with van der Waals surface area (Å²) < 4.78 is 11.9. The molecule has 0 heterocycles. The van der Waals surface area contributed by atoms with E-state index in [4.69, 9.17) is 0 Å². The molecule has 0 aliphatic rings. The van der Waals surface area contributed by atoms with Gasteiger partial charge in [0.05, 0.1) is 0 Å². The van der Waals surface area contributed by atoms with E-state index in [2.05, 4.69) is 37.3 Å². The smallest absolute Gasteiger partial charge is 0.123 e. The molecule has 0 bridgehead atoms. The molecule has 0 aromatic heterocycles. The zero-order chi connectivity index (χ0) is 13.1. The van der Waals surface area contributed by atoms with Crippen LogP contribution in [0.1, 0.15) is 31.7 Å². The molecule has 0 atom stereocenters. The molecule has 18 heavy (non-hydrogen) atoms. The van der Waals surface area contributed by atoms with E-state index in [0.717, 1.165) is 0 Å². The second-order valence-electron chi connectivity index (χ2n) is 4.24. The van der Waals surface area contributed by atoms with Crippen molar-refractivity contribution < 1.29 is 4.39 Å². The molecule has 2 aromatic rings. The summed E-state index contributed by atoms with van der Waals surface area (Å²) in [5.74, 6) is -0.178. The first-order valence-electron chi connectivity index (χ1n) is 6.57. The molecule has 0 radical (unpaired) electrons. The van der Waals surface area contributed by atoms with Crippen molar-refractivity contribution in [2.24, 2.45) is 0 Å². The van der Waals surface area contributed by atoms with Crippen LogP contribution in [0.25, 0.3) is 0 Å². The van der Waals surface area contributed by atoms with E-state index in [1.807, 2.05) is 0 Å². The highest BCUT2D eigenvalue weighted by molar-refractivity contribution is 5.14. The standard InChI is InChI=1S/C11H16.C6H5F/c1-2-3-5-8-11-9-6-4-7-10-11;7-6-4-2-1-3-5-6/h4,6-7,9-10H,2-3,5,8H2,1H3;1-5H. The van der Waals surface area contributed by atoms with Crippen molar-refractivity contribution in [2.45, 2.75) is 32.6 Å². The van der Waals surface area contributed by atoms with Crippen molar-refractivity contribution in [3.8, 4) is 0 Å². The van der Waals surface area contributed by atoms with E-state index >= 15 is 0 Å². The first-order chi connectivity index (χ1) is 8.83. The van der Waals surface area contributed by atoms with Gasteiger partial charge in [-0.1, -0.05) is 68.3 Å². The maximum Gasteiger partial charge on any atom is 0.123 e. The third-order valence-corrected chi connectivity index (χ3v) is 2.64. The van der Waals surface area contributed by atoms with Crippen molar-refractivity contribution in [1.82, 2.24) is 0 Å². The normalized spacial score (nSPS) is 9.44. The number of unbranched alkanes of at least 4 members (excludes halogenated alkanes) is 2. The van der Waals surface area contributed by atoms with Gasteiger partial charge in [-0.05, 0) is 30.5 Å². The van der Waals surface area contributed by atoms with Crippen LogP contribution in [0.3, 0.4) is 0 Å². The van der Waals surface area contributed by atoms with Gasteiger partial charge in [0.25, 0.3) is 0 Å². The van der Waals surface area contributed by atoms with E-state index in [9.17, 15) is 4.39 Å². The molecule has 96 valence electrons. The fourth-order valence-electron chi connectivity index (χ4n) is 1.64. The lowest BCUT2D eigenvalue weighted by Crippen LogP contribution is -1.83. The first kappa shape index (κ1) is 14.4. The Morgan fingerprint density at radius 2 is 1.33 bits per heavy atom. The quantitative estimate of drug-likeness (QED) is 0.645. The zero-order valence-corrected chi connectivity index (χ0v) is 11.0. The fraction of sp³-hybridized carbons (Fsp3) is 0.294. The molecule has 2 aromatic carbocycles. The maximum atomic E-state index is 11.9. The number of hydrogen-bond donors (Lipinski definition) is 0. The molecule has 0 aliphatic carbocycles. The topological polar surface area (TPSA) is 0 Å². The fourth-order valence-corrected chi connectivity index (χ4v) is 1.64. The van der Waals surface area contributed by atoms with Crippen LogP contribution >= 0.6 is 0 Å². The molecule has 0 nitrogen and oxygen atoms in total. The summed E-state index contributed by atoms with van der Waals surface area (Å²) in [5.41, 5.74) is 1.47. The minimum atomic E-state index is -0.178. The third kappa shape index (κ3) is 6.85. The second-order valence-corrected chi connectivity index (χ2v) is 4.24.